The molecule has 0 radical (unpaired) electrons. The Bertz CT molecular complexity index is 623. The largest absolute Gasteiger partial charge is 0.394 e. The molecule has 0 unspecified atom stereocenters. The van der Waals surface area contributed by atoms with Gasteiger partial charge >= 0.3 is 0 Å². The average molecular weight is 383 g/mol. The number of hydrogen-bond donors (Lipinski definition) is 3. The van der Waals surface area contributed by atoms with E-state index in [2.05, 4.69) is 24.1 Å². The molecule has 1 fully saturated rings. The number of piperidine rings is 1. The van der Waals surface area contributed by atoms with Gasteiger partial charge in [0.2, 0.25) is 0 Å². The summed E-state index contributed by atoms with van der Waals surface area (Å²) >= 11 is 1.53. The second kappa shape index (κ2) is 8.35. The predicted octanol–water partition coefficient (Wildman–Crippen LogP) is 1.35. The third kappa shape index (κ3) is 4.28. The number of nitrogens with one attached hydrogen (secondary N) is 1. The maximum atomic E-state index is 12.4. The summed E-state index contributed by atoms with van der Waals surface area (Å²) in [6.07, 6.45) is 1.86. The Labute approximate surface area is 159 Å². The number of rotatable bonds is 6. The van der Waals surface area contributed by atoms with Crippen molar-refractivity contribution in [1.82, 2.24) is 10.2 Å². The van der Waals surface area contributed by atoms with E-state index >= 15 is 0 Å². The van der Waals surface area contributed by atoms with E-state index in [1.165, 1.54) is 21.8 Å². The minimum Gasteiger partial charge on any atom is -0.394 e. The highest BCUT2D eigenvalue weighted by atomic mass is 32.1. The van der Waals surface area contributed by atoms with Crippen molar-refractivity contribution in [3.05, 3.63) is 21.4 Å². The van der Waals surface area contributed by atoms with Crippen molar-refractivity contribution in [2.75, 3.05) is 39.4 Å². The molecule has 6 nitrogen and oxygen atoms in total. The molecule has 1 atom stereocenters. The second-order valence-electron chi connectivity index (χ2n) is 7.78. The van der Waals surface area contributed by atoms with E-state index in [9.17, 15) is 9.90 Å². The monoisotopic (exact) mass is 382 g/mol. The quantitative estimate of drug-likeness (QED) is 0.692. The van der Waals surface area contributed by atoms with Crippen LogP contribution in [-0.2, 0) is 16.8 Å². The number of carbonyl (C=O) groups is 1. The number of likely N-dealkylation sites (tertiary alicyclic amines) is 1. The van der Waals surface area contributed by atoms with Crippen LogP contribution in [0.5, 0.6) is 0 Å². The van der Waals surface area contributed by atoms with Crippen LogP contribution in [0.25, 0.3) is 0 Å². The number of aliphatic hydroxyl groups excluding tert-OH is 2. The second-order valence-corrected chi connectivity index (χ2v) is 8.92. The van der Waals surface area contributed by atoms with Gasteiger partial charge in [-0.05, 0) is 30.4 Å². The van der Waals surface area contributed by atoms with Crippen molar-refractivity contribution in [3.63, 3.8) is 0 Å². The molecule has 0 saturated carbocycles. The summed E-state index contributed by atoms with van der Waals surface area (Å²) in [6, 6.07) is 1.98. The van der Waals surface area contributed by atoms with Gasteiger partial charge in [-0.3, -0.25) is 4.79 Å². The van der Waals surface area contributed by atoms with Crippen LogP contribution in [0.4, 0.5) is 0 Å². The normalized spacial score (nSPS) is 21.0. The fourth-order valence-corrected chi connectivity index (χ4v) is 5.07. The summed E-state index contributed by atoms with van der Waals surface area (Å²) in [5.41, 5.74) is 0.937. The number of nitrogens with zero attached hydrogens (tertiary/aromatic N) is 1. The van der Waals surface area contributed by atoms with Gasteiger partial charge in [-0.25, -0.2) is 0 Å². The van der Waals surface area contributed by atoms with Crippen molar-refractivity contribution in [2.45, 2.75) is 44.8 Å². The molecule has 146 valence electrons. The van der Waals surface area contributed by atoms with Crippen molar-refractivity contribution in [1.29, 1.82) is 0 Å². The van der Waals surface area contributed by atoms with E-state index in [0.717, 1.165) is 38.9 Å². The van der Waals surface area contributed by atoms with Crippen LogP contribution < -0.4 is 5.32 Å². The first-order valence-electron chi connectivity index (χ1n) is 9.50. The predicted molar refractivity (Wildman–Crippen MR) is 102 cm³/mol. The van der Waals surface area contributed by atoms with Gasteiger partial charge in [-0.2, -0.15) is 0 Å². The number of thiophene rings is 1. The SMILES string of the molecule is CC(C)CN1CCC2(CC1)OCCc1sc(C(=O)NC[C@@H](O)CO)cc12. The van der Waals surface area contributed by atoms with Crippen LogP contribution in [0.1, 0.15) is 46.8 Å². The van der Waals surface area contributed by atoms with Crippen molar-refractivity contribution >= 4 is 17.2 Å². The van der Waals surface area contributed by atoms with E-state index in [1.807, 2.05) is 6.07 Å². The Morgan fingerprint density at radius 2 is 2.15 bits per heavy atom. The minimum atomic E-state index is -0.923. The van der Waals surface area contributed by atoms with Gasteiger partial charge in [0.25, 0.3) is 5.91 Å². The lowest BCUT2D eigenvalue weighted by molar-refractivity contribution is -0.0979. The molecule has 0 aromatic carbocycles. The number of fused-ring (bicyclic) bond motifs is 2. The summed E-state index contributed by atoms with van der Waals surface area (Å²) in [6.45, 7) is 8.08. The zero-order valence-corrected chi connectivity index (χ0v) is 16.5. The van der Waals surface area contributed by atoms with Crippen LogP contribution in [-0.4, -0.2) is 66.5 Å². The molecular formula is C19H30N2O4S. The lowest BCUT2D eigenvalue weighted by Gasteiger charge is -2.44. The minimum absolute atomic E-state index is 0.0592. The van der Waals surface area contributed by atoms with Gasteiger partial charge in [0.05, 0.1) is 29.8 Å². The Balaban J connectivity index is 1.70. The summed E-state index contributed by atoms with van der Waals surface area (Å²) in [4.78, 5) is 16.8. The first-order chi connectivity index (χ1) is 12.4. The number of ether oxygens (including phenoxy) is 1. The molecule has 0 bridgehead atoms. The maximum Gasteiger partial charge on any atom is 0.261 e. The molecule has 1 aromatic rings. The number of hydrogen-bond acceptors (Lipinski definition) is 6. The maximum absolute atomic E-state index is 12.4. The number of amides is 1. The van der Waals surface area contributed by atoms with Crippen LogP contribution in [0.15, 0.2) is 6.07 Å². The number of aliphatic hydroxyl groups is 2. The van der Waals surface area contributed by atoms with E-state index in [4.69, 9.17) is 9.84 Å². The smallest absolute Gasteiger partial charge is 0.261 e. The Hall–Kier alpha value is -0.990. The molecule has 1 spiro atoms. The molecule has 1 aromatic heterocycles. The van der Waals surface area contributed by atoms with E-state index in [-0.39, 0.29) is 24.7 Å². The molecule has 3 rings (SSSR count). The first kappa shape index (κ1) is 19.8. The standard InChI is InChI=1S/C19H30N2O4S/c1-13(2)11-21-6-4-19(5-7-21)15-9-17(26-16(15)3-8-25-19)18(24)20-10-14(23)12-22/h9,13-14,22-23H,3-8,10-12H2,1-2H3,(H,20,24)/t14-/m1/s1. The molecular weight excluding hydrogens is 352 g/mol. The molecule has 26 heavy (non-hydrogen) atoms. The van der Waals surface area contributed by atoms with E-state index in [0.29, 0.717) is 17.4 Å². The molecule has 0 aliphatic carbocycles. The van der Waals surface area contributed by atoms with Crippen LogP contribution in [0, 0.1) is 5.92 Å². The van der Waals surface area contributed by atoms with Gasteiger partial charge < -0.3 is 25.2 Å². The average Bonchev–Trinajstić information content (AvgIpc) is 3.07. The van der Waals surface area contributed by atoms with Crippen molar-refractivity contribution in [2.24, 2.45) is 5.92 Å². The van der Waals surface area contributed by atoms with E-state index in [1.54, 1.807) is 0 Å². The molecule has 7 heteroatoms. The summed E-state index contributed by atoms with van der Waals surface area (Å²) < 4.78 is 6.27. The van der Waals surface area contributed by atoms with Gasteiger partial charge in [0, 0.05) is 37.5 Å². The number of carbonyl (C=O) groups excluding carboxylic acids is 1. The van der Waals surface area contributed by atoms with Gasteiger partial charge in [0.15, 0.2) is 0 Å². The Kier molecular flexibility index (Phi) is 6.35. The molecule has 3 heterocycles. The molecule has 1 saturated heterocycles. The van der Waals surface area contributed by atoms with Crippen LogP contribution in [0.2, 0.25) is 0 Å². The first-order valence-corrected chi connectivity index (χ1v) is 10.3. The van der Waals surface area contributed by atoms with Gasteiger partial charge in [-0.15, -0.1) is 11.3 Å². The highest BCUT2D eigenvalue weighted by molar-refractivity contribution is 7.14. The third-order valence-electron chi connectivity index (χ3n) is 5.23. The molecule has 3 N–H and O–H groups in total. The summed E-state index contributed by atoms with van der Waals surface area (Å²) in [7, 11) is 0. The van der Waals surface area contributed by atoms with Gasteiger partial charge in [0.1, 0.15) is 0 Å². The molecule has 1 amide bonds. The lowest BCUT2D eigenvalue weighted by Crippen LogP contribution is -2.47. The highest BCUT2D eigenvalue weighted by Gasteiger charge is 2.42. The van der Waals surface area contributed by atoms with Crippen molar-refractivity contribution in [3.8, 4) is 0 Å². The molecule has 2 aliphatic rings. The fourth-order valence-electron chi connectivity index (χ4n) is 3.92. The highest BCUT2D eigenvalue weighted by Crippen LogP contribution is 2.44. The van der Waals surface area contributed by atoms with Crippen molar-refractivity contribution < 1.29 is 19.7 Å². The zero-order valence-electron chi connectivity index (χ0n) is 15.7. The lowest BCUT2D eigenvalue weighted by atomic mass is 9.82. The zero-order chi connectivity index (χ0) is 18.7. The fraction of sp³-hybridized carbons (Fsp3) is 0.737. The summed E-state index contributed by atoms with van der Waals surface area (Å²) in [5.74, 6) is 0.474. The van der Waals surface area contributed by atoms with Crippen LogP contribution >= 0.6 is 11.3 Å². The van der Waals surface area contributed by atoms with E-state index < -0.39 is 6.10 Å². The summed E-state index contributed by atoms with van der Waals surface area (Å²) in [5, 5.41) is 21.0. The third-order valence-corrected chi connectivity index (χ3v) is 6.42. The topological polar surface area (TPSA) is 82.0 Å². The Morgan fingerprint density at radius 1 is 1.42 bits per heavy atom. The van der Waals surface area contributed by atoms with Crippen LogP contribution in [0.3, 0.4) is 0 Å². The van der Waals surface area contributed by atoms with Gasteiger partial charge in [-0.1, -0.05) is 13.8 Å². The Morgan fingerprint density at radius 3 is 2.81 bits per heavy atom. The molecule has 2 aliphatic heterocycles.